The number of hydrogen-bond donors (Lipinski definition) is 2. The number of benzene rings is 1. The monoisotopic (exact) mass is 308 g/mol. The van der Waals surface area contributed by atoms with Gasteiger partial charge in [-0.25, -0.2) is 4.98 Å². The van der Waals surface area contributed by atoms with Crippen LogP contribution in [0.15, 0.2) is 35.3 Å². The Morgan fingerprint density at radius 3 is 2.81 bits per heavy atom. The molecule has 7 heteroatoms. The van der Waals surface area contributed by atoms with E-state index in [1.54, 1.807) is 24.3 Å². The van der Waals surface area contributed by atoms with Crippen molar-refractivity contribution < 1.29 is 14.6 Å². The van der Waals surface area contributed by atoms with Gasteiger partial charge < -0.3 is 14.8 Å². The van der Waals surface area contributed by atoms with Crippen molar-refractivity contribution in [2.24, 2.45) is 0 Å². The summed E-state index contributed by atoms with van der Waals surface area (Å²) in [5.74, 6) is -0.115. The molecule has 0 aliphatic rings. The summed E-state index contributed by atoms with van der Waals surface area (Å²) in [5, 5.41) is 9.06. The van der Waals surface area contributed by atoms with Crippen LogP contribution in [0.1, 0.15) is 17.8 Å². The molecule has 0 saturated heterocycles. The SMILES string of the molecule is O=C(O)CCc1cnc(COc2ccccc2Cl)[nH]c1=O. The molecule has 1 aromatic carbocycles. The van der Waals surface area contributed by atoms with Crippen molar-refractivity contribution in [2.45, 2.75) is 19.4 Å². The lowest BCUT2D eigenvalue weighted by atomic mass is 10.2. The number of H-pyrrole nitrogens is 1. The van der Waals surface area contributed by atoms with Gasteiger partial charge >= 0.3 is 5.97 Å². The normalized spacial score (nSPS) is 10.3. The third kappa shape index (κ3) is 4.32. The maximum absolute atomic E-state index is 11.8. The number of para-hydroxylation sites is 1. The van der Waals surface area contributed by atoms with E-state index in [0.29, 0.717) is 22.2 Å². The van der Waals surface area contributed by atoms with E-state index in [1.165, 1.54) is 6.20 Å². The molecule has 1 aromatic heterocycles. The summed E-state index contributed by atoms with van der Waals surface area (Å²) >= 11 is 5.94. The molecule has 21 heavy (non-hydrogen) atoms. The smallest absolute Gasteiger partial charge is 0.303 e. The zero-order valence-electron chi connectivity index (χ0n) is 11.0. The van der Waals surface area contributed by atoms with Crippen LogP contribution >= 0.6 is 11.6 Å². The van der Waals surface area contributed by atoms with Crippen molar-refractivity contribution >= 4 is 17.6 Å². The first kappa shape index (κ1) is 15.1. The van der Waals surface area contributed by atoms with Gasteiger partial charge in [0.2, 0.25) is 0 Å². The fourth-order valence-electron chi connectivity index (χ4n) is 1.66. The molecule has 0 bridgehead atoms. The Morgan fingerprint density at radius 1 is 1.38 bits per heavy atom. The molecule has 6 nitrogen and oxygen atoms in total. The van der Waals surface area contributed by atoms with Crippen molar-refractivity contribution in [1.29, 1.82) is 0 Å². The lowest BCUT2D eigenvalue weighted by molar-refractivity contribution is -0.136. The Kier molecular flexibility index (Phi) is 4.94. The standard InChI is InChI=1S/C14H13ClN2O4/c15-10-3-1-2-4-11(10)21-8-12-16-7-9(14(20)17-12)5-6-13(18)19/h1-4,7H,5-6,8H2,(H,18,19)(H,16,17,20). The summed E-state index contributed by atoms with van der Waals surface area (Å²) in [6.45, 7) is 0.0676. The molecule has 0 aliphatic carbocycles. The molecule has 2 N–H and O–H groups in total. The zero-order valence-corrected chi connectivity index (χ0v) is 11.8. The topological polar surface area (TPSA) is 92.3 Å². The highest BCUT2D eigenvalue weighted by Crippen LogP contribution is 2.23. The lowest BCUT2D eigenvalue weighted by Crippen LogP contribution is -2.18. The minimum atomic E-state index is -0.958. The van der Waals surface area contributed by atoms with Gasteiger partial charge in [-0.2, -0.15) is 0 Å². The molecular weight excluding hydrogens is 296 g/mol. The van der Waals surface area contributed by atoms with Crippen LogP contribution in [-0.4, -0.2) is 21.0 Å². The van der Waals surface area contributed by atoms with E-state index < -0.39 is 5.97 Å². The number of rotatable bonds is 6. The summed E-state index contributed by atoms with van der Waals surface area (Å²) in [4.78, 5) is 28.8. The predicted molar refractivity (Wildman–Crippen MR) is 76.6 cm³/mol. The van der Waals surface area contributed by atoms with Crippen molar-refractivity contribution in [3.05, 3.63) is 57.2 Å². The molecule has 1 heterocycles. The van der Waals surface area contributed by atoms with Gasteiger partial charge in [-0.1, -0.05) is 23.7 Å². The molecular formula is C14H13ClN2O4. The van der Waals surface area contributed by atoms with Crippen molar-refractivity contribution in [1.82, 2.24) is 9.97 Å². The second-order valence-corrected chi connectivity index (χ2v) is 4.70. The molecule has 0 atom stereocenters. The number of ether oxygens (including phenoxy) is 1. The molecule has 2 aromatic rings. The van der Waals surface area contributed by atoms with Crippen LogP contribution < -0.4 is 10.3 Å². The van der Waals surface area contributed by atoms with E-state index in [4.69, 9.17) is 21.4 Å². The first-order chi connectivity index (χ1) is 10.1. The summed E-state index contributed by atoms with van der Waals surface area (Å²) in [6.07, 6.45) is 1.40. The number of carboxylic acid groups (broad SMARTS) is 1. The maximum atomic E-state index is 11.8. The fourth-order valence-corrected chi connectivity index (χ4v) is 1.85. The number of aromatic nitrogens is 2. The van der Waals surface area contributed by atoms with Gasteiger partial charge in [0.15, 0.2) is 0 Å². The third-order valence-electron chi connectivity index (χ3n) is 2.73. The highest BCUT2D eigenvalue weighted by Gasteiger charge is 2.07. The van der Waals surface area contributed by atoms with E-state index in [0.717, 1.165) is 0 Å². The van der Waals surface area contributed by atoms with Crippen LogP contribution in [0.2, 0.25) is 5.02 Å². The molecule has 0 spiro atoms. The van der Waals surface area contributed by atoms with Crippen molar-refractivity contribution in [3.8, 4) is 5.75 Å². The van der Waals surface area contributed by atoms with Gasteiger partial charge in [0.25, 0.3) is 5.56 Å². The lowest BCUT2D eigenvalue weighted by Gasteiger charge is -2.07. The first-order valence-corrected chi connectivity index (χ1v) is 6.60. The van der Waals surface area contributed by atoms with Gasteiger partial charge in [-0.05, 0) is 18.6 Å². The van der Waals surface area contributed by atoms with Gasteiger partial charge in [0.05, 0.1) is 5.02 Å². The number of aryl methyl sites for hydroxylation is 1. The number of nitrogens with one attached hydrogen (secondary N) is 1. The van der Waals surface area contributed by atoms with E-state index in [1.807, 2.05) is 0 Å². The van der Waals surface area contributed by atoms with Crippen LogP contribution in [-0.2, 0) is 17.8 Å². The third-order valence-corrected chi connectivity index (χ3v) is 3.05. The number of nitrogens with zero attached hydrogens (tertiary/aromatic N) is 1. The average Bonchev–Trinajstić information content (AvgIpc) is 2.45. The summed E-state index contributed by atoms with van der Waals surface area (Å²) in [5.41, 5.74) is -0.0251. The highest BCUT2D eigenvalue weighted by molar-refractivity contribution is 6.32. The van der Waals surface area contributed by atoms with Crippen LogP contribution in [0.3, 0.4) is 0 Å². The number of aliphatic carboxylic acids is 1. The summed E-state index contributed by atoms with van der Waals surface area (Å²) < 4.78 is 5.46. The van der Waals surface area contributed by atoms with E-state index in [-0.39, 0.29) is 25.0 Å². The summed E-state index contributed by atoms with van der Waals surface area (Å²) in [7, 11) is 0. The average molecular weight is 309 g/mol. The Balaban J connectivity index is 2.02. The number of halogens is 1. The van der Waals surface area contributed by atoms with Gasteiger partial charge in [0.1, 0.15) is 18.2 Å². The molecule has 110 valence electrons. The van der Waals surface area contributed by atoms with E-state index >= 15 is 0 Å². The molecule has 0 radical (unpaired) electrons. The fraction of sp³-hybridized carbons (Fsp3) is 0.214. The minimum absolute atomic E-state index is 0.0676. The molecule has 0 amide bonds. The quantitative estimate of drug-likeness (QED) is 0.851. The molecule has 2 rings (SSSR count). The van der Waals surface area contributed by atoms with Crippen LogP contribution in [0, 0.1) is 0 Å². The number of carboxylic acids is 1. The summed E-state index contributed by atoms with van der Waals surface area (Å²) in [6, 6.07) is 6.97. The van der Waals surface area contributed by atoms with Crippen LogP contribution in [0.5, 0.6) is 5.75 Å². The van der Waals surface area contributed by atoms with E-state index in [2.05, 4.69) is 9.97 Å². The predicted octanol–water partition coefficient (Wildman–Crippen LogP) is 2.02. The van der Waals surface area contributed by atoms with Crippen LogP contribution in [0.25, 0.3) is 0 Å². The van der Waals surface area contributed by atoms with Crippen molar-refractivity contribution in [2.75, 3.05) is 0 Å². The molecule has 0 fully saturated rings. The Labute approximate surface area is 125 Å². The van der Waals surface area contributed by atoms with E-state index in [9.17, 15) is 9.59 Å². The highest BCUT2D eigenvalue weighted by atomic mass is 35.5. The number of hydrogen-bond acceptors (Lipinski definition) is 4. The molecule has 0 unspecified atom stereocenters. The van der Waals surface area contributed by atoms with Gasteiger partial charge in [-0.3, -0.25) is 9.59 Å². The molecule has 0 saturated carbocycles. The van der Waals surface area contributed by atoms with Gasteiger partial charge in [0, 0.05) is 18.2 Å². The Morgan fingerprint density at radius 2 is 2.14 bits per heavy atom. The zero-order chi connectivity index (χ0) is 15.2. The Bertz CT molecular complexity index is 699. The Hall–Kier alpha value is -2.34. The van der Waals surface area contributed by atoms with Crippen LogP contribution in [0.4, 0.5) is 0 Å². The number of aromatic amines is 1. The van der Waals surface area contributed by atoms with Gasteiger partial charge in [-0.15, -0.1) is 0 Å². The second kappa shape index (κ2) is 6.90. The first-order valence-electron chi connectivity index (χ1n) is 6.22. The minimum Gasteiger partial charge on any atom is -0.484 e. The number of carbonyl (C=O) groups is 1. The largest absolute Gasteiger partial charge is 0.484 e. The second-order valence-electron chi connectivity index (χ2n) is 4.30. The molecule has 0 aliphatic heterocycles. The van der Waals surface area contributed by atoms with Crippen molar-refractivity contribution in [3.63, 3.8) is 0 Å². The maximum Gasteiger partial charge on any atom is 0.303 e.